The fourth-order valence-corrected chi connectivity index (χ4v) is 3.05. The van der Waals surface area contributed by atoms with Gasteiger partial charge in [0.05, 0.1) is 0 Å². The first kappa shape index (κ1) is 12.4. The molecule has 1 aliphatic carbocycles. The smallest absolute Gasteiger partial charge is 0.129 e. The van der Waals surface area contributed by atoms with Crippen LogP contribution in [0.2, 0.25) is 0 Å². The summed E-state index contributed by atoms with van der Waals surface area (Å²) in [5.74, 6) is 1.07. The van der Waals surface area contributed by atoms with Crippen molar-refractivity contribution in [1.29, 1.82) is 0 Å². The lowest BCUT2D eigenvalue weighted by Gasteiger charge is -2.33. The van der Waals surface area contributed by atoms with E-state index >= 15 is 0 Å². The Kier molecular flexibility index (Phi) is 4.03. The predicted molar refractivity (Wildman–Crippen MR) is 73.5 cm³/mol. The Morgan fingerprint density at radius 2 is 1.76 bits per heavy atom. The number of rotatable bonds is 2. The predicted octanol–water partition coefficient (Wildman–Crippen LogP) is 4.13. The molecule has 0 radical (unpaired) electrons. The highest BCUT2D eigenvalue weighted by Crippen LogP contribution is 2.39. The van der Waals surface area contributed by atoms with E-state index in [-0.39, 0.29) is 0 Å². The molecule has 0 amide bonds. The molecule has 0 spiro atoms. The quantitative estimate of drug-likeness (QED) is 0.829. The second-order valence-corrected chi connectivity index (χ2v) is 5.48. The molecule has 94 valence electrons. The van der Waals surface area contributed by atoms with E-state index < -0.39 is 0 Å². The van der Waals surface area contributed by atoms with Gasteiger partial charge in [-0.05, 0) is 24.3 Å². The SMILES string of the molecule is CNc1ncccc1C1(C)CCCCCCC1. The molecule has 1 aliphatic rings. The highest BCUT2D eigenvalue weighted by atomic mass is 15.0. The van der Waals surface area contributed by atoms with E-state index in [9.17, 15) is 0 Å². The van der Waals surface area contributed by atoms with Gasteiger partial charge in [0.1, 0.15) is 5.82 Å². The Morgan fingerprint density at radius 1 is 1.12 bits per heavy atom. The summed E-state index contributed by atoms with van der Waals surface area (Å²) in [5.41, 5.74) is 1.72. The van der Waals surface area contributed by atoms with Crippen LogP contribution in [0.25, 0.3) is 0 Å². The molecule has 0 aliphatic heterocycles. The second-order valence-electron chi connectivity index (χ2n) is 5.48. The number of hydrogen-bond acceptors (Lipinski definition) is 2. The molecule has 2 heteroatoms. The van der Waals surface area contributed by atoms with Gasteiger partial charge in [-0.1, -0.05) is 45.1 Å². The normalized spacial score (nSPS) is 20.4. The van der Waals surface area contributed by atoms with E-state index in [1.807, 2.05) is 13.2 Å². The number of nitrogens with one attached hydrogen (secondary N) is 1. The summed E-state index contributed by atoms with van der Waals surface area (Å²) in [6, 6.07) is 4.32. The van der Waals surface area contributed by atoms with Crippen LogP contribution in [-0.4, -0.2) is 12.0 Å². The third-order valence-electron chi connectivity index (χ3n) is 4.15. The van der Waals surface area contributed by atoms with E-state index in [1.165, 1.54) is 50.5 Å². The number of pyridine rings is 1. The standard InChI is InChI=1S/C15H24N2/c1-15(10-6-4-3-5-7-11-15)13-9-8-12-17-14(13)16-2/h8-9,12H,3-7,10-11H2,1-2H3,(H,16,17). The van der Waals surface area contributed by atoms with Gasteiger partial charge in [-0.15, -0.1) is 0 Å². The molecule has 1 fully saturated rings. The maximum absolute atomic E-state index is 4.46. The topological polar surface area (TPSA) is 24.9 Å². The van der Waals surface area contributed by atoms with E-state index in [4.69, 9.17) is 0 Å². The van der Waals surface area contributed by atoms with Crippen LogP contribution in [0.3, 0.4) is 0 Å². The van der Waals surface area contributed by atoms with Crippen LogP contribution < -0.4 is 5.32 Å². The van der Waals surface area contributed by atoms with E-state index in [0.717, 1.165) is 5.82 Å². The lowest BCUT2D eigenvalue weighted by atomic mass is 9.73. The van der Waals surface area contributed by atoms with Crippen LogP contribution in [0, 0.1) is 0 Å². The molecule has 0 unspecified atom stereocenters. The molecule has 1 aromatic rings. The van der Waals surface area contributed by atoms with Crippen molar-refractivity contribution < 1.29 is 0 Å². The van der Waals surface area contributed by atoms with E-state index in [0.29, 0.717) is 5.41 Å². The first-order valence-corrected chi connectivity index (χ1v) is 6.89. The van der Waals surface area contributed by atoms with Crippen LogP contribution in [0.4, 0.5) is 5.82 Å². The Hall–Kier alpha value is -1.05. The zero-order valence-electron chi connectivity index (χ0n) is 11.1. The second kappa shape index (κ2) is 5.52. The minimum absolute atomic E-state index is 0.313. The van der Waals surface area contributed by atoms with Crippen LogP contribution >= 0.6 is 0 Å². The zero-order chi connectivity index (χ0) is 12.1. The summed E-state index contributed by atoms with van der Waals surface area (Å²) in [5, 5.41) is 3.24. The van der Waals surface area contributed by atoms with Gasteiger partial charge in [-0.25, -0.2) is 4.98 Å². The average molecular weight is 232 g/mol. The summed E-state index contributed by atoms with van der Waals surface area (Å²) < 4.78 is 0. The monoisotopic (exact) mass is 232 g/mol. The molecule has 17 heavy (non-hydrogen) atoms. The van der Waals surface area contributed by atoms with Crippen molar-refractivity contribution in [2.45, 2.75) is 57.3 Å². The van der Waals surface area contributed by atoms with Gasteiger partial charge in [0.15, 0.2) is 0 Å². The van der Waals surface area contributed by atoms with Crippen molar-refractivity contribution in [3.8, 4) is 0 Å². The molecule has 1 N–H and O–H groups in total. The fourth-order valence-electron chi connectivity index (χ4n) is 3.05. The van der Waals surface area contributed by atoms with Crippen molar-refractivity contribution in [3.05, 3.63) is 23.9 Å². The molecule has 0 atom stereocenters. The minimum atomic E-state index is 0.313. The Morgan fingerprint density at radius 3 is 2.41 bits per heavy atom. The number of aromatic nitrogens is 1. The van der Waals surface area contributed by atoms with Crippen LogP contribution in [0.5, 0.6) is 0 Å². The average Bonchev–Trinajstić information content (AvgIpc) is 2.34. The van der Waals surface area contributed by atoms with Crippen molar-refractivity contribution in [2.75, 3.05) is 12.4 Å². The third-order valence-corrected chi connectivity index (χ3v) is 4.15. The highest BCUT2D eigenvalue weighted by Gasteiger charge is 2.29. The van der Waals surface area contributed by atoms with Gasteiger partial charge in [-0.3, -0.25) is 0 Å². The maximum atomic E-state index is 4.46. The van der Waals surface area contributed by atoms with Gasteiger partial charge >= 0.3 is 0 Å². The summed E-state index contributed by atoms with van der Waals surface area (Å²) in [6.07, 6.45) is 11.4. The first-order valence-electron chi connectivity index (χ1n) is 6.89. The van der Waals surface area contributed by atoms with Crippen LogP contribution in [0.15, 0.2) is 18.3 Å². The van der Waals surface area contributed by atoms with Crippen molar-refractivity contribution in [3.63, 3.8) is 0 Å². The molecule has 0 bridgehead atoms. The lowest BCUT2D eigenvalue weighted by molar-refractivity contribution is 0.341. The third kappa shape index (κ3) is 2.80. The molecular formula is C15H24N2. The van der Waals surface area contributed by atoms with Crippen molar-refractivity contribution in [2.24, 2.45) is 0 Å². The summed E-state index contributed by atoms with van der Waals surface area (Å²) in [4.78, 5) is 4.46. The molecule has 2 rings (SSSR count). The summed E-state index contributed by atoms with van der Waals surface area (Å²) in [7, 11) is 1.97. The fraction of sp³-hybridized carbons (Fsp3) is 0.667. The molecule has 1 aromatic heterocycles. The van der Waals surface area contributed by atoms with Crippen molar-refractivity contribution >= 4 is 5.82 Å². The minimum Gasteiger partial charge on any atom is -0.373 e. The van der Waals surface area contributed by atoms with Crippen LogP contribution in [-0.2, 0) is 5.41 Å². The van der Waals surface area contributed by atoms with Crippen LogP contribution in [0.1, 0.15) is 57.4 Å². The number of anilines is 1. The molecule has 1 saturated carbocycles. The van der Waals surface area contributed by atoms with Gasteiger partial charge in [-0.2, -0.15) is 0 Å². The number of hydrogen-bond donors (Lipinski definition) is 1. The Bertz CT molecular complexity index is 352. The summed E-state index contributed by atoms with van der Waals surface area (Å²) >= 11 is 0. The molecule has 2 nitrogen and oxygen atoms in total. The maximum Gasteiger partial charge on any atom is 0.129 e. The highest BCUT2D eigenvalue weighted by molar-refractivity contribution is 5.47. The molecule has 0 saturated heterocycles. The van der Waals surface area contributed by atoms with Gasteiger partial charge in [0.2, 0.25) is 0 Å². The summed E-state index contributed by atoms with van der Waals surface area (Å²) in [6.45, 7) is 2.41. The zero-order valence-corrected chi connectivity index (χ0v) is 11.1. The first-order chi connectivity index (χ1) is 8.26. The largest absolute Gasteiger partial charge is 0.373 e. The van der Waals surface area contributed by atoms with E-state index in [2.05, 4.69) is 29.4 Å². The molecular weight excluding hydrogens is 208 g/mol. The van der Waals surface area contributed by atoms with Gasteiger partial charge in [0.25, 0.3) is 0 Å². The molecule has 1 heterocycles. The Balaban J connectivity index is 2.27. The lowest BCUT2D eigenvalue weighted by Crippen LogP contribution is -2.24. The number of nitrogens with zero attached hydrogens (tertiary/aromatic N) is 1. The van der Waals surface area contributed by atoms with Crippen molar-refractivity contribution in [1.82, 2.24) is 4.98 Å². The van der Waals surface area contributed by atoms with E-state index in [1.54, 1.807) is 0 Å². The Labute approximate surface area is 105 Å². The van der Waals surface area contributed by atoms with Gasteiger partial charge < -0.3 is 5.32 Å². The van der Waals surface area contributed by atoms with Gasteiger partial charge in [0, 0.05) is 18.8 Å². The molecule has 0 aromatic carbocycles.